The van der Waals surface area contributed by atoms with Gasteiger partial charge in [0.1, 0.15) is 0 Å². The van der Waals surface area contributed by atoms with Gasteiger partial charge in [-0.3, -0.25) is 4.79 Å². The molecule has 1 aromatic rings. The van der Waals surface area contributed by atoms with Crippen LogP contribution in [0, 0.1) is 11.3 Å². The maximum absolute atomic E-state index is 12.7. The summed E-state index contributed by atoms with van der Waals surface area (Å²) in [6, 6.07) is 7.23. The first-order valence-electron chi connectivity index (χ1n) is 5.64. The predicted octanol–water partition coefficient (Wildman–Crippen LogP) is 2.45. The Morgan fingerprint density at radius 3 is 2.25 bits per heavy atom. The highest BCUT2D eigenvalue weighted by atomic mass is 19.4. The lowest BCUT2D eigenvalue weighted by molar-refractivity contribution is -0.195. The molecule has 0 aliphatic heterocycles. The molecule has 20 heavy (non-hydrogen) atoms. The van der Waals surface area contributed by atoms with E-state index in [2.05, 4.69) is 5.32 Å². The average molecular weight is 286 g/mol. The summed E-state index contributed by atoms with van der Waals surface area (Å²) in [6.45, 7) is 1.10. The number of carbonyl (C=O) groups excluding carboxylic acids is 1. The minimum absolute atomic E-state index is 0.117. The van der Waals surface area contributed by atoms with Crippen molar-refractivity contribution < 1.29 is 22.7 Å². The van der Waals surface area contributed by atoms with Gasteiger partial charge in [0.25, 0.3) is 0 Å². The Morgan fingerprint density at radius 2 is 1.90 bits per heavy atom. The minimum atomic E-state index is -4.54. The number of rotatable bonds is 4. The molecule has 1 aromatic carbocycles. The lowest BCUT2D eigenvalue weighted by Crippen LogP contribution is -2.49. The highest BCUT2D eigenvalue weighted by Crippen LogP contribution is 2.35. The molecule has 0 spiro atoms. The third-order valence-corrected chi connectivity index (χ3v) is 2.66. The van der Waals surface area contributed by atoms with E-state index in [0.29, 0.717) is 5.56 Å². The van der Waals surface area contributed by atoms with Gasteiger partial charge in [0.05, 0.1) is 18.1 Å². The van der Waals surface area contributed by atoms with Crippen LogP contribution in [0.1, 0.15) is 24.5 Å². The first kappa shape index (κ1) is 16.0. The van der Waals surface area contributed by atoms with Gasteiger partial charge in [0.15, 0.2) is 5.72 Å². The quantitative estimate of drug-likeness (QED) is 0.865. The number of halogens is 3. The van der Waals surface area contributed by atoms with Crippen molar-refractivity contribution in [2.75, 3.05) is 7.11 Å². The Bertz CT molecular complexity index is 520. The zero-order valence-electron chi connectivity index (χ0n) is 10.9. The summed E-state index contributed by atoms with van der Waals surface area (Å²) in [5.74, 6) is -0.652. The van der Waals surface area contributed by atoms with Crippen molar-refractivity contribution in [3.63, 3.8) is 0 Å². The van der Waals surface area contributed by atoms with E-state index in [1.165, 1.54) is 24.3 Å². The van der Waals surface area contributed by atoms with E-state index in [1.54, 1.807) is 0 Å². The number of methoxy groups -OCH3 is 1. The number of ether oxygens (including phenoxy) is 1. The second-order valence-electron chi connectivity index (χ2n) is 4.19. The second-order valence-corrected chi connectivity index (χ2v) is 4.19. The molecule has 0 heterocycles. The van der Waals surface area contributed by atoms with Crippen LogP contribution in [0.3, 0.4) is 0 Å². The van der Waals surface area contributed by atoms with E-state index in [-0.39, 0.29) is 5.56 Å². The molecule has 7 heteroatoms. The number of nitrogens with zero attached hydrogens (tertiary/aromatic N) is 1. The average Bonchev–Trinajstić information content (AvgIpc) is 2.35. The number of benzene rings is 1. The molecule has 1 N–H and O–H groups in total. The van der Waals surface area contributed by atoms with Crippen molar-refractivity contribution in [2.24, 2.45) is 0 Å². The van der Waals surface area contributed by atoms with Gasteiger partial charge < -0.3 is 10.1 Å². The standard InChI is InChI=1S/C13H13F3N2O2/c1-9(19)18-12(20-2,8-13(14,15)16)11-5-3-10(7-17)4-6-11/h3-6H,8H2,1-2H3,(H,18,19). The molecule has 0 bridgehead atoms. The zero-order valence-corrected chi connectivity index (χ0v) is 10.9. The number of alkyl halides is 3. The Hall–Kier alpha value is -2.07. The molecule has 1 amide bonds. The van der Waals surface area contributed by atoms with E-state index in [9.17, 15) is 18.0 Å². The van der Waals surface area contributed by atoms with Crippen LogP contribution in [0.4, 0.5) is 13.2 Å². The number of amides is 1. The highest BCUT2D eigenvalue weighted by Gasteiger charge is 2.44. The van der Waals surface area contributed by atoms with Gasteiger partial charge in [-0.2, -0.15) is 18.4 Å². The van der Waals surface area contributed by atoms with Gasteiger partial charge in [-0.25, -0.2) is 0 Å². The summed E-state index contributed by atoms with van der Waals surface area (Å²) in [5.41, 5.74) is -1.59. The van der Waals surface area contributed by atoms with Gasteiger partial charge in [-0.1, -0.05) is 12.1 Å². The Morgan fingerprint density at radius 1 is 1.35 bits per heavy atom. The van der Waals surface area contributed by atoms with Crippen LogP contribution in [0.2, 0.25) is 0 Å². The van der Waals surface area contributed by atoms with Crippen LogP contribution in [0.15, 0.2) is 24.3 Å². The summed E-state index contributed by atoms with van der Waals surface area (Å²) < 4.78 is 43.2. The number of carbonyl (C=O) groups is 1. The molecule has 108 valence electrons. The lowest BCUT2D eigenvalue weighted by atomic mass is 9.97. The molecule has 0 aromatic heterocycles. The van der Waals surface area contributed by atoms with Gasteiger partial charge in [-0.15, -0.1) is 0 Å². The fraction of sp³-hybridized carbons (Fsp3) is 0.385. The van der Waals surface area contributed by atoms with Crippen LogP contribution in [-0.2, 0) is 15.3 Å². The van der Waals surface area contributed by atoms with E-state index in [4.69, 9.17) is 10.00 Å². The normalized spacial score (nSPS) is 14.2. The van der Waals surface area contributed by atoms with Crippen LogP contribution < -0.4 is 5.32 Å². The van der Waals surface area contributed by atoms with Gasteiger partial charge in [0.2, 0.25) is 5.91 Å². The van der Waals surface area contributed by atoms with Crippen molar-refractivity contribution in [3.8, 4) is 6.07 Å². The van der Waals surface area contributed by atoms with Gasteiger partial charge in [-0.05, 0) is 12.1 Å². The maximum atomic E-state index is 12.7. The molecule has 0 aliphatic rings. The SMILES string of the molecule is COC(CC(F)(F)F)(NC(C)=O)c1ccc(C#N)cc1. The largest absolute Gasteiger partial charge is 0.394 e. The first-order chi connectivity index (χ1) is 9.22. The van der Waals surface area contributed by atoms with E-state index in [1.807, 2.05) is 6.07 Å². The summed E-state index contributed by atoms with van der Waals surface area (Å²) in [7, 11) is 1.08. The molecule has 0 saturated carbocycles. The summed E-state index contributed by atoms with van der Waals surface area (Å²) in [5, 5.41) is 10.9. The summed E-state index contributed by atoms with van der Waals surface area (Å²) in [6.07, 6.45) is -5.91. The van der Waals surface area contributed by atoms with Crippen molar-refractivity contribution in [3.05, 3.63) is 35.4 Å². The fourth-order valence-corrected chi connectivity index (χ4v) is 1.84. The van der Waals surface area contributed by atoms with Crippen LogP contribution in [0.5, 0.6) is 0 Å². The Labute approximate surface area is 114 Å². The maximum Gasteiger partial charge on any atom is 0.394 e. The molecule has 0 saturated heterocycles. The highest BCUT2D eigenvalue weighted by molar-refractivity contribution is 5.74. The monoisotopic (exact) mass is 286 g/mol. The zero-order chi connectivity index (χ0) is 15.4. The lowest BCUT2D eigenvalue weighted by Gasteiger charge is -2.34. The van der Waals surface area contributed by atoms with Crippen molar-refractivity contribution in [1.82, 2.24) is 5.32 Å². The minimum Gasteiger partial charge on any atom is -0.354 e. The molecule has 1 unspecified atom stereocenters. The number of nitriles is 1. The van der Waals surface area contributed by atoms with Crippen molar-refractivity contribution >= 4 is 5.91 Å². The third kappa shape index (κ3) is 3.96. The molecule has 0 radical (unpaired) electrons. The number of hydrogen-bond acceptors (Lipinski definition) is 3. The summed E-state index contributed by atoms with van der Waals surface area (Å²) >= 11 is 0. The molecule has 1 atom stereocenters. The van der Waals surface area contributed by atoms with Crippen LogP contribution in [-0.4, -0.2) is 19.2 Å². The molecular weight excluding hydrogens is 273 g/mol. The molecule has 0 aliphatic carbocycles. The van der Waals surface area contributed by atoms with E-state index >= 15 is 0 Å². The van der Waals surface area contributed by atoms with Gasteiger partial charge >= 0.3 is 6.18 Å². The number of hydrogen-bond donors (Lipinski definition) is 1. The third-order valence-electron chi connectivity index (χ3n) is 2.66. The van der Waals surface area contributed by atoms with E-state index in [0.717, 1.165) is 14.0 Å². The predicted molar refractivity (Wildman–Crippen MR) is 64.3 cm³/mol. The second kappa shape index (κ2) is 5.92. The number of nitrogens with one attached hydrogen (secondary N) is 1. The molecule has 4 nitrogen and oxygen atoms in total. The smallest absolute Gasteiger partial charge is 0.354 e. The van der Waals surface area contributed by atoms with E-state index < -0.39 is 24.2 Å². The molecular formula is C13H13F3N2O2. The fourth-order valence-electron chi connectivity index (χ4n) is 1.84. The van der Waals surface area contributed by atoms with Gasteiger partial charge in [0, 0.05) is 19.6 Å². The topological polar surface area (TPSA) is 62.1 Å². The van der Waals surface area contributed by atoms with Crippen LogP contribution in [0.25, 0.3) is 0 Å². The van der Waals surface area contributed by atoms with Crippen LogP contribution >= 0.6 is 0 Å². The Balaban J connectivity index is 3.26. The first-order valence-corrected chi connectivity index (χ1v) is 5.64. The van der Waals surface area contributed by atoms with Crippen molar-refractivity contribution in [2.45, 2.75) is 25.2 Å². The van der Waals surface area contributed by atoms with Crippen molar-refractivity contribution in [1.29, 1.82) is 5.26 Å². The molecule has 1 rings (SSSR count). The summed E-state index contributed by atoms with van der Waals surface area (Å²) in [4.78, 5) is 11.2. The Kier molecular flexibility index (Phi) is 4.73. The molecule has 0 fully saturated rings.